The van der Waals surface area contributed by atoms with Crippen LogP contribution in [0.2, 0.25) is 78.6 Å². The lowest BCUT2D eigenvalue weighted by atomic mass is 10.2. The fraction of sp³-hybridized carbons (Fsp3) is 0.273. The van der Waals surface area contributed by atoms with Gasteiger partial charge in [-0.05, 0) is 53.8 Å². The van der Waals surface area contributed by atoms with E-state index in [0.717, 1.165) is 0 Å². The van der Waals surface area contributed by atoms with E-state index in [-0.39, 0.29) is 0 Å². The van der Waals surface area contributed by atoms with Crippen molar-refractivity contribution in [1.82, 2.24) is 0 Å². The van der Waals surface area contributed by atoms with Gasteiger partial charge in [0, 0.05) is 0 Å². The zero-order valence-electron chi connectivity index (χ0n) is 32.6. The summed E-state index contributed by atoms with van der Waals surface area (Å²) < 4.78 is 0. The molecular formula is C44H58P2Si4. The van der Waals surface area contributed by atoms with Gasteiger partial charge in [-0.15, -0.1) is 0 Å². The van der Waals surface area contributed by atoms with E-state index in [2.05, 4.69) is 212 Å². The Morgan fingerprint density at radius 3 is 0.920 bits per heavy atom. The zero-order chi connectivity index (χ0) is 36.5. The summed E-state index contributed by atoms with van der Waals surface area (Å²) in [6, 6.07) is 50.3. The first kappa shape index (κ1) is 38.8. The minimum absolute atomic E-state index is 0.774. The summed E-state index contributed by atoms with van der Waals surface area (Å²) in [5.74, 6) is 2.70. The molecule has 0 atom stereocenters. The largest absolute Gasteiger partial charge is 0.0775 e. The van der Waals surface area contributed by atoms with Gasteiger partial charge < -0.3 is 0 Å². The maximum Gasteiger partial charge on any atom is 0.0775 e. The van der Waals surface area contributed by atoms with Gasteiger partial charge in [0.2, 0.25) is 0 Å². The monoisotopic (exact) mass is 760 g/mol. The Labute approximate surface area is 311 Å². The van der Waals surface area contributed by atoms with Crippen LogP contribution in [0.15, 0.2) is 133 Å². The normalized spacial score (nSPS) is 13.3. The van der Waals surface area contributed by atoms with Gasteiger partial charge in [-0.3, -0.25) is 0 Å². The summed E-state index contributed by atoms with van der Waals surface area (Å²) >= 11 is 0. The first-order chi connectivity index (χ1) is 23.3. The third-order valence-corrected chi connectivity index (χ3v) is 22.8. The standard InChI is InChI=1S/C44H58P2Si4/c1-47(2,3)40-26-18-36(19-27-40)45(37-20-28-41(29-21-37)48(4,5)6)34-44(35-16-14-13-15-17-35)46(38-22-30-42(31-23-38)49(7,8)9)39-24-32-43(33-25-39)50(10,11)12/h13-34H,1-12H3/b44-34-. The Balaban J connectivity index is 1.78. The van der Waals surface area contributed by atoms with Crippen molar-refractivity contribution in [2.24, 2.45) is 0 Å². The van der Waals surface area contributed by atoms with Crippen molar-refractivity contribution >= 4 is 95.4 Å². The summed E-state index contributed by atoms with van der Waals surface area (Å²) in [4.78, 5) is 0. The highest BCUT2D eigenvalue weighted by Gasteiger charge is 2.27. The van der Waals surface area contributed by atoms with Crippen LogP contribution in [0.4, 0.5) is 0 Å². The van der Waals surface area contributed by atoms with E-state index in [0.29, 0.717) is 0 Å². The molecule has 0 aliphatic heterocycles. The molecule has 0 aliphatic carbocycles. The molecule has 5 aromatic rings. The van der Waals surface area contributed by atoms with Crippen molar-refractivity contribution in [2.45, 2.75) is 78.6 Å². The lowest BCUT2D eigenvalue weighted by molar-refractivity contribution is 1.65. The number of benzene rings is 5. The Hall–Kier alpha value is -2.43. The maximum absolute atomic E-state index is 2.70. The first-order valence-corrected chi connectivity index (χ1v) is 34.9. The molecule has 0 aliphatic rings. The quantitative estimate of drug-likeness (QED) is 0.0931. The Morgan fingerprint density at radius 2 is 0.640 bits per heavy atom. The molecule has 0 heterocycles. The van der Waals surface area contributed by atoms with Gasteiger partial charge >= 0.3 is 0 Å². The molecule has 0 fully saturated rings. The molecule has 6 heteroatoms. The van der Waals surface area contributed by atoms with Crippen molar-refractivity contribution in [3.8, 4) is 0 Å². The molecule has 0 nitrogen and oxygen atoms in total. The van der Waals surface area contributed by atoms with E-state index in [9.17, 15) is 0 Å². The molecule has 5 rings (SSSR count). The second-order valence-corrected chi connectivity index (χ2v) is 42.3. The Morgan fingerprint density at radius 1 is 0.360 bits per heavy atom. The molecule has 0 N–H and O–H groups in total. The van der Waals surface area contributed by atoms with Crippen molar-refractivity contribution < 1.29 is 0 Å². The fourth-order valence-corrected chi connectivity index (χ4v) is 15.7. The second kappa shape index (κ2) is 15.3. The third kappa shape index (κ3) is 9.51. The van der Waals surface area contributed by atoms with Crippen LogP contribution in [0.1, 0.15) is 5.56 Å². The molecule has 260 valence electrons. The van der Waals surface area contributed by atoms with E-state index in [4.69, 9.17) is 0 Å². The van der Waals surface area contributed by atoms with Crippen molar-refractivity contribution in [2.75, 3.05) is 0 Å². The Bertz CT molecular complexity index is 1770. The molecule has 0 spiro atoms. The third-order valence-electron chi connectivity index (χ3n) is 9.57. The van der Waals surface area contributed by atoms with Crippen molar-refractivity contribution in [3.05, 3.63) is 139 Å². The summed E-state index contributed by atoms with van der Waals surface area (Å²) in [7, 11) is -7.31. The van der Waals surface area contributed by atoms with E-state index in [1.165, 1.54) is 52.8 Å². The minimum Gasteiger partial charge on any atom is -0.0656 e. The summed E-state index contributed by atoms with van der Waals surface area (Å²) in [6.07, 6.45) is 0. The first-order valence-electron chi connectivity index (χ1n) is 18.1. The highest BCUT2D eigenvalue weighted by Crippen LogP contribution is 2.53. The van der Waals surface area contributed by atoms with Crippen molar-refractivity contribution in [1.29, 1.82) is 0 Å². The smallest absolute Gasteiger partial charge is 0.0656 e. The van der Waals surface area contributed by atoms with Gasteiger partial charge in [0.1, 0.15) is 0 Å². The molecule has 0 saturated carbocycles. The summed E-state index contributed by atoms with van der Waals surface area (Å²) in [6.45, 7) is 29.4. The topological polar surface area (TPSA) is 0 Å². The molecule has 0 unspecified atom stereocenters. The van der Waals surface area contributed by atoms with Crippen LogP contribution in [0.5, 0.6) is 0 Å². The van der Waals surface area contributed by atoms with Crippen LogP contribution in [0, 0.1) is 0 Å². The molecular weight excluding hydrogens is 703 g/mol. The average molecular weight is 761 g/mol. The maximum atomic E-state index is 2.70. The van der Waals surface area contributed by atoms with E-state index >= 15 is 0 Å². The summed E-state index contributed by atoms with van der Waals surface area (Å²) in [5.41, 5.74) is 1.33. The van der Waals surface area contributed by atoms with Gasteiger partial charge in [0.05, 0.1) is 32.3 Å². The van der Waals surface area contributed by atoms with Crippen LogP contribution in [0.3, 0.4) is 0 Å². The van der Waals surface area contributed by atoms with Gasteiger partial charge in [0.15, 0.2) is 0 Å². The molecule has 50 heavy (non-hydrogen) atoms. The molecule has 0 bridgehead atoms. The molecule has 5 aromatic carbocycles. The van der Waals surface area contributed by atoms with Crippen molar-refractivity contribution in [3.63, 3.8) is 0 Å². The van der Waals surface area contributed by atoms with Gasteiger partial charge in [0.25, 0.3) is 0 Å². The predicted molar refractivity (Wildman–Crippen MR) is 244 cm³/mol. The van der Waals surface area contributed by atoms with E-state index < -0.39 is 48.1 Å². The highest BCUT2D eigenvalue weighted by molar-refractivity contribution is 7.84. The fourth-order valence-electron chi connectivity index (χ4n) is 6.18. The average Bonchev–Trinajstić information content (AvgIpc) is 3.06. The van der Waals surface area contributed by atoms with Crippen LogP contribution >= 0.6 is 15.8 Å². The highest BCUT2D eigenvalue weighted by atomic mass is 31.1. The van der Waals surface area contributed by atoms with Crippen LogP contribution in [-0.4, -0.2) is 32.3 Å². The number of hydrogen-bond acceptors (Lipinski definition) is 0. The van der Waals surface area contributed by atoms with Gasteiger partial charge in [-0.1, -0.05) is 227 Å². The van der Waals surface area contributed by atoms with Gasteiger partial charge in [-0.25, -0.2) is 0 Å². The number of hydrogen-bond donors (Lipinski definition) is 0. The lowest BCUT2D eigenvalue weighted by Crippen LogP contribution is -2.38. The van der Waals surface area contributed by atoms with Crippen LogP contribution < -0.4 is 42.0 Å². The zero-order valence-corrected chi connectivity index (χ0v) is 38.4. The SMILES string of the molecule is C[Si](C)(C)c1ccc(P(/C=C(/c2ccccc2)P(c2ccc([Si](C)(C)C)cc2)c2ccc([Si](C)(C)C)cc2)c2ccc([Si](C)(C)C)cc2)cc1. The second-order valence-electron chi connectivity index (χ2n) is 17.8. The molecule has 0 aromatic heterocycles. The molecule has 0 radical (unpaired) electrons. The van der Waals surface area contributed by atoms with Crippen LogP contribution in [0.25, 0.3) is 5.31 Å². The van der Waals surface area contributed by atoms with E-state index in [1.807, 2.05) is 0 Å². The Kier molecular flexibility index (Phi) is 11.8. The van der Waals surface area contributed by atoms with Gasteiger partial charge in [-0.2, -0.15) is 0 Å². The predicted octanol–water partition coefficient (Wildman–Crippen LogP) is 9.43. The minimum atomic E-state index is -1.43. The summed E-state index contributed by atoms with van der Waals surface area (Å²) in [5, 5.41) is 13.2. The van der Waals surface area contributed by atoms with E-state index in [1.54, 1.807) is 0 Å². The number of rotatable bonds is 11. The molecule has 0 saturated heterocycles. The van der Waals surface area contributed by atoms with Crippen LogP contribution in [-0.2, 0) is 0 Å². The molecule has 0 amide bonds. The lowest BCUT2D eigenvalue weighted by Gasteiger charge is -2.27.